The highest BCUT2D eigenvalue weighted by atomic mass is 16.5. The second-order valence-corrected chi connectivity index (χ2v) is 2.23. The number of rotatable bonds is 2. The van der Waals surface area contributed by atoms with E-state index in [0.29, 0.717) is 6.10 Å². The van der Waals surface area contributed by atoms with Crippen LogP contribution < -0.4 is 0 Å². The molecular weight excluding hydrogens is 112 g/mol. The Morgan fingerprint density at radius 3 is 3.22 bits per heavy atom. The molecular formula is C8H12O. The van der Waals surface area contributed by atoms with Crippen molar-refractivity contribution in [1.82, 2.24) is 0 Å². The monoisotopic (exact) mass is 124 g/mol. The summed E-state index contributed by atoms with van der Waals surface area (Å²) >= 11 is 0. The molecule has 0 aromatic carbocycles. The molecule has 1 heterocycles. The summed E-state index contributed by atoms with van der Waals surface area (Å²) in [5.41, 5.74) is 0. The van der Waals surface area contributed by atoms with Crippen molar-refractivity contribution in [3.05, 3.63) is 25.0 Å². The van der Waals surface area contributed by atoms with Crippen molar-refractivity contribution in [2.45, 2.75) is 25.4 Å². The summed E-state index contributed by atoms with van der Waals surface area (Å²) in [7, 11) is 0. The Hall–Kier alpha value is -0.720. The lowest BCUT2D eigenvalue weighted by Gasteiger charge is -2.16. The summed E-state index contributed by atoms with van der Waals surface area (Å²) in [5, 5.41) is 0. The highest BCUT2D eigenvalue weighted by Crippen LogP contribution is 2.12. The lowest BCUT2D eigenvalue weighted by atomic mass is 10.1. The third-order valence-electron chi connectivity index (χ3n) is 1.45. The maximum absolute atomic E-state index is 5.27. The number of allylic oxidation sites excluding steroid dienone is 1. The van der Waals surface area contributed by atoms with E-state index in [2.05, 4.69) is 12.7 Å². The lowest BCUT2D eigenvalue weighted by Crippen LogP contribution is -2.10. The lowest BCUT2D eigenvalue weighted by molar-refractivity contribution is 0.127. The van der Waals surface area contributed by atoms with Crippen LogP contribution in [0.5, 0.6) is 0 Å². The van der Waals surface area contributed by atoms with Gasteiger partial charge in [0.05, 0.1) is 6.26 Å². The molecule has 1 atom stereocenters. The quantitative estimate of drug-likeness (QED) is 0.513. The van der Waals surface area contributed by atoms with E-state index in [0.717, 1.165) is 19.3 Å². The van der Waals surface area contributed by atoms with Gasteiger partial charge in [0.25, 0.3) is 0 Å². The summed E-state index contributed by atoms with van der Waals surface area (Å²) in [6, 6.07) is 0. The van der Waals surface area contributed by atoms with E-state index >= 15 is 0 Å². The van der Waals surface area contributed by atoms with E-state index in [1.807, 2.05) is 6.08 Å². The van der Waals surface area contributed by atoms with E-state index < -0.39 is 0 Å². The second-order valence-electron chi connectivity index (χ2n) is 2.23. The zero-order chi connectivity index (χ0) is 6.53. The first-order chi connectivity index (χ1) is 4.43. The van der Waals surface area contributed by atoms with E-state index in [1.54, 1.807) is 6.26 Å². The summed E-state index contributed by atoms with van der Waals surface area (Å²) in [6.07, 6.45) is 9.42. The second kappa shape index (κ2) is 3.33. The fourth-order valence-electron chi connectivity index (χ4n) is 0.944. The first kappa shape index (κ1) is 6.40. The zero-order valence-electron chi connectivity index (χ0n) is 5.55. The molecule has 1 aliphatic heterocycles. The fourth-order valence-corrected chi connectivity index (χ4v) is 0.944. The van der Waals surface area contributed by atoms with Crippen molar-refractivity contribution >= 4 is 0 Å². The molecule has 0 aliphatic carbocycles. The van der Waals surface area contributed by atoms with Crippen molar-refractivity contribution in [2.24, 2.45) is 0 Å². The Kier molecular flexibility index (Phi) is 2.37. The SMILES string of the molecule is C=CC[C@H]1CCC=CO1. The van der Waals surface area contributed by atoms with Gasteiger partial charge in [-0.2, -0.15) is 0 Å². The largest absolute Gasteiger partial charge is 0.498 e. The van der Waals surface area contributed by atoms with Gasteiger partial charge in [0, 0.05) is 6.42 Å². The highest BCUT2D eigenvalue weighted by Gasteiger charge is 2.06. The van der Waals surface area contributed by atoms with Crippen molar-refractivity contribution in [3.8, 4) is 0 Å². The predicted octanol–water partition coefficient (Wildman–Crippen LogP) is 2.26. The van der Waals surface area contributed by atoms with Crippen LogP contribution >= 0.6 is 0 Å². The average molecular weight is 124 g/mol. The number of ether oxygens (including phenoxy) is 1. The molecule has 50 valence electrons. The van der Waals surface area contributed by atoms with Gasteiger partial charge in [0.1, 0.15) is 6.10 Å². The third-order valence-corrected chi connectivity index (χ3v) is 1.45. The maximum Gasteiger partial charge on any atom is 0.101 e. The van der Waals surface area contributed by atoms with Crippen LogP contribution in [0.4, 0.5) is 0 Å². The Morgan fingerprint density at radius 2 is 2.67 bits per heavy atom. The van der Waals surface area contributed by atoms with Crippen LogP contribution in [0.25, 0.3) is 0 Å². The van der Waals surface area contributed by atoms with E-state index in [9.17, 15) is 0 Å². The van der Waals surface area contributed by atoms with Crippen LogP contribution in [-0.2, 0) is 4.74 Å². The van der Waals surface area contributed by atoms with Gasteiger partial charge in [-0.25, -0.2) is 0 Å². The van der Waals surface area contributed by atoms with Crippen molar-refractivity contribution in [2.75, 3.05) is 0 Å². The van der Waals surface area contributed by atoms with Gasteiger partial charge in [-0.15, -0.1) is 6.58 Å². The minimum absolute atomic E-state index is 0.396. The summed E-state index contributed by atoms with van der Waals surface area (Å²) < 4.78 is 5.27. The van der Waals surface area contributed by atoms with E-state index in [1.165, 1.54) is 0 Å². The summed E-state index contributed by atoms with van der Waals surface area (Å²) in [4.78, 5) is 0. The molecule has 0 radical (unpaired) electrons. The zero-order valence-corrected chi connectivity index (χ0v) is 5.55. The minimum Gasteiger partial charge on any atom is -0.498 e. The van der Waals surface area contributed by atoms with Crippen LogP contribution in [-0.4, -0.2) is 6.10 Å². The Labute approximate surface area is 56.0 Å². The van der Waals surface area contributed by atoms with Gasteiger partial charge < -0.3 is 4.74 Å². The van der Waals surface area contributed by atoms with Crippen molar-refractivity contribution < 1.29 is 4.74 Å². The molecule has 0 fully saturated rings. The van der Waals surface area contributed by atoms with Gasteiger partial charge in [0.2, 0.25) is 0 Å². The molecule has 0 unspecified atom stereocenters. The van der Waals surface area contributed by atoms with Crippen LogP contribution in [0.3, 0.4) is 0 Å². The predicted molar refractivity (Wildman–Crippen MR) is 38.1 cm³/mol. The molecule has 1 aliphatic rings. The molecule has 0 bridgehead atoms. The molecule has 9 heavy (non-hydrogen) atoms. The molecule has 0 amide bonds. The fraction of sp³-hybridized carbons (Fsp3) is 0.500. The van der Waals surface area contributed by atoms with Crippen molar-refractivity contribution in [3.63, 3.8) is 0 Å². The Bertz CT molecular complexity index is 116. The van der Waals surface area contributed by atoms with Crippen LogP contribution in [0.1, 0.15) is 19.3 Å². The van der Waals surface area contributed by atoms with Gasteiger partial charge in [-0.1, -0.05) is 6.08 Å². The van der Waals surface area contributed by atoms with E-state index in [4.69, 9.17) is 4.74 Å². The average Bonchev–Trinajstić information content (AvgIpc) is 1.91. The maximum atomic E-state index is 5.27. The van der Waals surface area contributed by atoms with Crippen LogP contribution in [0, 0.1) is 0 Å². The standard InChI is InChI=1S/C8H12O/c1-2-5-8-6-3-4-7-9-8/h2,4,7-8H,1,3,5-6H2/t8-/m0/s1. The molecule has 0 saturated heterocycles. The minimum atomic E-state index is 0.396. The summed E-state index contributed by atoms with van der Waals surface area (Å²) in [5.74, 6) is 0. The van der Waals surface area contributed by atoms with Gasteiger partial charge in [-0.3, -0.25) is 0 Å². The molecule has 0 spiro atoms. The molecule has 0 aromatic rings. The Balaban J connectivity index is 2.26. The number of hydrogen-bond donors (Lipinski definition) is 0. The smallest absolute Gasteiger partial charge is 0.101 e. The molecule has 0 aromatic heterocycles. The van der Waals surface area contributed by atoms with E-state index in [-0.39, 0.29) is 0 Å². The van der Waals surface area contributed by atoms with Gasteiger partial charge in [0.15, 0.2) is 0 Å². The third kappa shape index (κ3) is 1.92. The van der Waals surface area contributed by atoms with Crippen molar-refractivity contribution in [1.29, 1.82) is 0 Å². The molecule has 1 nitrogen and oxygen atoms in total. The normalized spacial score (nSPS) is 25.1. The Morgan fingerprint density at radius 1 is 1.78 bits per heavy atom. The topological polar surface area (TPSA) is 9.23 Å². The first-order valence-electron chi connectivity index (χ1n) is 3.35. The van der Waals surface area contributed by atoms with Crippen LogP contribution in [0.15, 0.2) is 25.0 Å². The first-order valence-corrected chi connectivity index (χ1v) is 3.35. The molecule has 0 saturated carbocycles. The number of hydrogen-bond acceptors (Lipinski definition) is 1. The highest BCUT2D eigenvalue weighted by molar-refractivity contribution is 4.85. The molecule has 0 N–H and O–H groups in total. The molecule has 1 heteroatoms. The molecule has 1 rings (SSSR count). The van der Waals surface area contributed by atoms with Gasteiger partial charge >= 0.3 is 0 Å². The van der Waals surface area contributed by atoms with Gasteiger partial charge in [-0.05, 0) is 18.9 Å². The van der Waals surface area contributed by atoms with Crippen LogP contribution in [0.2, 0.25) is 0 Å². The summed E-state index contributed by atoms with van der Waals surface area (Å²) in [6.45, 7) is 3.65.